The summed E-state index contributed by atoms with van der Waals surface area (Å²) in [5.74, 6) is 1.15. The van der Waals surface area contributed by atoms with Crippen molar-refractivity contribution in [3.8, 4) is 0 Å². The van der Waals surface area contributed by atoms with Crippen LogP contribution in [0.1, 0.15) is 39.0 Å². The quantitative estimate of drug-likeness (QED) is 0.547. The Labute approximate surface area is 74.3 Å². The number of Topliss-reactive ketones (excluding diaryl/α,β-unsaturated/α-hetero) is 1. The number of ketones is 1. The van der Waals surface area contributed by atoms with Crippen molar-refractivity contribution in [2.45, 2.75) is 39.0 Å². The zero-order chi connectivity index (χ0) is 8.81. The van der Waals surface area contributed by atoms with Gasteiger partial charge in [-0.2, -0.15) is 0 Å². The first-order valence-corrected chi connectivity index (χ1v) is 4.86. The van der Waals surface area contributed by atoms with Crippen molar-refractivity contribution < 1.29 is 9.53 Å². The van der Waals surface area contributed by atoms with Gasteiger partial charge in [-0.05, 0) is 38.5 Å². The van der Waals surface area contributed by atoms with E-state index in [1.807, 2.05) is 0 Å². The molecule has 0 aromatic heterocycles. The van der Waals surface area contributed by atoms with Crippen molar-refractivity contribution in [1.82, 2.24) is 0 Å². The Morgan fingerprint density at radius 1 is 1.42 bits per heavy atom. The van der Waals surface area contributed by atoms with Gasteiger partial charge in [0.1, 0.15) is 5.78 Å². The third-order valence-electron chi connectivity index (χ3n) is 2.12. The van der Waals surface area contributed by atoms with Crippen LogP contribution in [0.2, 0.25) is 0 Å². The molecule has 0 spiro atoms. The first-order valence-electron chi connectivity index (χ1n) is 4.86. The lowest BCUT2D eigenvalue weighted by atomic mass is 10.2. The topological polar surface area (TPSA) is 26.3 Å². The predicted molar refractivity (Wildman–Crippen MR) is 48.1 cm³/mol. The highest BCUT2D eigenvalue weighted by Crippen LogP contribution is 2.28. The van der Waals surface area contributed by atoms with Gasteiger partial charge in [-0.25, -0.2) is 0 Å². The highest BCUT2D eigenvalue weighted by molar-refractivity contribution is 5.75. The SMILES string of the molecule is CC(=O)CCCCOCC1CC1. The monoisotopic (exact) mass is 170 g/mol. The van der Waals surface area contributed by atoms with Crippen molar-refractivity contribution in [2.24, 2.45) is 5.92 Å². The minimum absolute atomic E-state index is 0.289. The summed E-state index contributed by atoms with van der Waals surface area (Å²) in [5, 5.41) is 0. The molecule has 0 heterocycles. The second-order valence-corrected chi connectivity index (χ2v) is 3.68. The molecule has 0 unspecified atom stereocenters. The molecule has 1 saturated carbocycles. The molecule has 2 nitrogen and oxygen atoms in total. The van der Waals surface area contributed by atoms with Crippen LogP contribution in [0.25, 0.3) is 0 Å². The summed E-state index contributed by atoms with van der Waals surface area (Å²) < 4.78 is 5.43. The van der Waals surface area contributed by atoms with Crippen molar-refractivity contribution in [2.75, 3.05) is 13.2 Å². The summed E-state index contributed by atoms with van der Waals surface area (Å²) in [7, 11) is 0. The molecule has 1 aliphatic carbocycles. The van der Waals surface area contributed by atoms with Gasteiger partial charge in [-0.3, -0.25) is 0 Å². The van der Waals surface area contributed by atoms with Crippen molar-refractivity contribution in [1.29, 1.82) is 0 Å². The molecular weight excluding hydrogens is 152 g/mol. The third kappa shape index (κ3) is 5.30. The molecule has 0 bridgehead atoms. The minimum atomic E-state index is 0.289. The molecular formula is C10H18O2. The maximum Gasteiger partial charge on any atom is 0.129 e. The van der Waals surface area contributed by atoms with Crippen LogP contribution in [0, 0.1) is 5.92 Å². The molecule has 1 aliphatic rings. The Morgan fingerprint density at radius 2 is 2.17 bits per heavy atom. The minimum Gasteiger partial charge on any atom is -0.381 e. The fourth-order valence-electron chi connectivity index (χ4n) is 1.11. The molecule has 12 heavy (non-hydrogen) atoms. The Bertz CT molecular complexity index is 139. The number of hydrogen-bond acceptors (Lipinski definition) is 2. The molecule has 0 radical (unpaired) electrons. The first kappa shape index (κ1) is 9.72. The number of ether oxygens (including phenoxy) is 1. The van der Waals surface area contributed by atoms with Gasteiger partial charge in [-0.15, -0.1) is 0 Å². The molecule has 0 saturated heterocycles. The second kappa shape index (κ2) is 5.31. The number of unbranched alkanes of at least 4 members (excludes halogenated alkanes) is 1. The van der Waals surface area contributed by atoms with E-state index in [1.165, 1.54) is 12.8 Å². The maximum atomic E-state index is 10.6. The van der Waals surface area contributed by atoms with Crippen LogP contribution in [0.15, 0.2) is 0 Å². The number of rotatable bonds is 7. The number of hydrogen-bond donors (Lipinski definition) is 0. The largest absolute Gasteiger partial charge is 0.381 e. The van der Waals surface area contributed by atoms with Gasteiger partial charge in [-0.1, -0.05) is 0 Å². The fraction of sp³-hybridized carbons (Fsp3) is 0.900. The molecule has 0 N–H and O–H groups in total. The Hall–Kier alpha value is -0.370. The Morgan fingerprint density at radius 3 is 2.75 bits per heavy atom. The van der Waals surface area contributed by atoms with Gasteiger partial charge >= 0.3 is 0 Å². The van der Waals surface area contributed by atoms with Crippen LogP contribution >= 0.6 is 0 Å². The van der Waals surface area contributed by atoms with Crippen molar-refractivity contribution in [3.63, 3.8) is 0 Å². The van der Waals surface area contributed by atoms with E-state index in [-0.39, 0.29) is 5.78 Å². The summed E-state index contributed by atoms with van der Waals surface area (Å²) in [5.41, 5.74) is 0. The van der Waals surface area contributed by atoms with E-state index < -0.39 is 0 Å². The zero-order valence-corrected chi connectivity index (χ0v) is 7.84. The molecule has 1 rings (SSSR count). The summed E-state index contributed by atoms with van der Waals surface area (Å²) in [6.45, 7) is 3.43. The van der Waals surface area contributed by atoms with E-state index >= 15 is 0 Å². The van der Waals surface area contributed by atoms with Crippen LogP contribution in [0.3, 0.4) is 0 Å². The van der Waals surface area contributed by atoms with Crippen LogP contribution < -0.4 is 0 Å². The molecule has 0 aromatic rings. The highest BCUT2D eigenvalue weighted by Gasteiger charge is 2.20. The fourth-order valence-corrected chi connectivity index (χ4v) is 1.11. The van der Waals surface area contributed by atoms with Gasteiger partial charge in [0.15, 0.2) is 0 Å². The van der Waals surface area contributed by atoms with E-state index in [2.05, 4.69) is 0 Å². The van der Waals surface area contributed by atoms with Crippen molar-refractivity contribution >= 4 is 5.78 Å². The van der Waals surface area contributed by atoms with Crippen molar-refractivity contribution in [3.05, 3.63) is 0 Å². The van der Waals surface area contributed by atoms with Gasteiger partial charge in [0, 0.05) is 19.6 Å². The van der Waals surface area contributed by atoms with Crippen LogP contribution in [-0.2, 0) is 9.53 Å². The third-order valence-corrected chi connectivity index (χ3v) is 2.12. The Balaban J connectivity index is 1.73. The average molecular weight is 170 g/mol. The Kier molecular flexibility index (Phi) is 4.30. The van der Waals surface area contributed by atoms with E-state index in [4.69, 9.17) is 4.74 Å². The molecule has 0 amide bonds. The molecule has 0 aliphatic heterocycles. The van der Waals surface area contributed by atoms with Crippen LogP contribution in [0.5, 0.6) is 0 Å². The van der Waals surface area contributed by atoms with Gasteiger partial charge < -0.3 is 9.53 Å². The standard InChI is InChI=1S/C10H18O2/c1-9(11)4-2-3-7-12-8-10-5-6-10/h10H,2-8H2,1H3. The van der Waals surface area contributed by atoms with Gasteiger partial charge in [0.2, 0.25) is 0 Å². The summed E-state index contributed by atoms with van der Waals surface area (Å²) in [6, 6.07) is 0. The van der Waals surface area contributed by atoms with E-state index in [1.54, 1.807) is 6.92 Å². The smallest absolute Gasteiger partial charge is 0.129 e. The zero-order valence-electron chi connectivity index (χ0n) is 7.84. The molecule has 1 fully saturated rings. The first-order chi connectivity index (χ1) is 5.79. The van der Waals surface area contributed by atoms with E-state index in [0.29, 0.717) is 6.42 Å². The van der Waals surface area contributed by atoms with Gasteiger partial charge in [0.05, 0.1) is 0 Å². The van der Waals surface area contributed by atoms with E-state index in [9.17, 15) is 4.79 Å². The lowest BCUT2D eigenvalue weighted by Crippen LogP contribution is -1.99. The average Bonchev–Trinajstić information content (AvgIpc) is 2.79. The van der Waals surface area contributed by atoms with E-state index in [0.717, 1.165) is 32.0 Å². The lowest BCUT2D eigenvalue weighted by Gasteiger charge is -2.01. The summed E-state index contributed by atoms with van der Waals surface area (Å²) >= 11 is 0. The molecule has 0 aromatic carbocycles. The van der Waals surface area contributed by atoms with Gasteiger partial charge in [0.25, 0.3) is 0 Å². The summed E-state index contributed by atoms with van der Waals surface area (Å²) in [6.07, 6.45) is 5.44. The predicted octanol–water partition coefficient (Wildman–Crippen LogP) is 2.17. The lowest BCUT2D eigenvalue weighted by molar-refractivity contribution is -0.117. The summed E-state index contributed by atoms with van der Waals surface area (Å²) in [4.78, 5) is 10.6. The van der Waals surface area contributed by atoms with Crippen LogP contribution in [-0.4, -0.2) is 19.0 Å². The molecule has 2 heteroatoms. The number of carbonyl (C=O) groups excluding carboxylic acids is 1. The second-order valence-electron chi connectivity index (χ2n) is 3.68. The number of carbonyl (C=O) groups is 1. The van der Waals surface area contributed by atoms with Crippen LogP contribution in [0.4, 0.5) is 0 Å². The molecule has 70 valence electrons. The highest BCUT2D eigenvalue weighted by atomic mass is 16.5. The maximum absolute atomic E-state index is 10.6. The normalized spacial score (nSPS) is 16.4. The molecule has 0 atom stereocenters.